The van der Waals surface area contributed by atoms with Gasteiger partial charge in [0.1, 0.15) is 0 Å². The van der Waals surface area contributed by atoms with E-state index in [9.17, 15) is 5.26 Å². The topological polar surface area (TPSA) is 57.7 Å². The summed E-state index contributed by atoms with van der Waals surface area (Å²) >= 11 is 0. The van der Waals surface area contributed by atoms with E-state index < -0.39 is 5.54 Å². The van der Waals surface area contributed by atoms with Gasteiger partial charge in [0.25, 0.3) is 0 Å². The molecule has 3 atom stereocenters. The third-order valence-electron chi connectivity index (χ3n) is 3.32. The number of azo groups is 1. The van der Waals surface area contributed by atoms with Gasteiger partial charge in [-0.25, -0.2) is 0 Å². The molecule has 0 radical (unpaired) electrons. The number of hydrogen-bond acceptors (Lipinski definition) is 4. The molecule has 3 unspecified atom stereocenters. The molecule has 0 aromatic heterocycles. The summed E-state index contributed by atoms with van der Waals surface area (Å²) in [6.45, 7) is 5.65. The minimum absolute atomic E-state index is 0.0417. The first kappa shape index (κ1) is 14.3. The second-order valence-corrected chi connectivity index (χ2v) is 4.52. The van der Waals surface area contributed by atoms with Crippen LogP contribution in [0.3, 0.4) is 0 Å². The zero-order valence-electron chi connectivity index (χ0n) is 11.3. The van der Waals surface area contributed by atoms with Crippen molar-refractivity contribution in [1.82, 2.24) is 0 Å². The summed E-state index contributed by atoms with van der Waals surface area (Å²) in [4.78, 5) is 0. The Bertz CT molecular complexity index is 438. The highest BCUT2D eigenvalue weighted by Gasteiger charge is 2.35. The van der Waals surface area contributed by atoms with E-state index in [0.29, 0.717) is 0 Å². The van der Waals surface area contributed by atoms with Crippen LogP contribution in [0.4, 0.5) is 5.69 Å². The second kappa shape index (κ2) is 6.27. The highest BCUT2D eigenvalue weighted by atomic mass is 16.5. The highest BCUT2D eigenvalue weighted by Crippen LogP contribution is 2.27. The molecule has 18 heavy (non-hydrogen) atoms. The predicted octanol–water partition coefficient (Wildman–Crippen LogP) is 3.72. The molecule has 96 valence electrons. The lowest BCUT2D eigenvalue weighted by Crippen LogP contribution is -2.36. The summed E-state index contributed by atoms with van der Waals surface area (Å²) in [6.07, 6.45) is -0.0515. The fourth-order valence-corrected chi connectivity index (χ4v) is 1.53. The van der Waals surface area contributed by atoms with Gasteiger partial charge in [-0.2, -0.15) is 15.5 Å². The van der Waals surface area contributed by atoms with Crippen LogP contribution in [0.1, 0.15) is 20.8 Å². The first-order valence-electron chi connectivity index (χ1n) is 5.95. The van der Waals surface area contributed by atoms with Crippen LogP contribution in [0.15, 0.2) is 40.6 Å². The van der Waals surface area contributed by atoms with Crippen molar-refractivity contribution in [3.8, 4) is 6.07 Å². The molecule has 4 heteroatoms. The van der Waals surface area contributed by atoms with Crippen molar-refractivity contribution in [2.24, 2.45) is 16.1 Å². The van der Waals surface area contributed by atoms with E-state index in [2.05, 4.69) is 16.3 Å². The summed E-state index contributed by atoms with van der Waals surface area (Å²) in [5.74, 6) is -0.0417. The van der Waals surface area contributed by atoms with Gasteiger partial charge < -0.3 is 4.74 Å². The molecule has 0 spiro atoms. The molecule has 1 aromatic carbocycles. The highest BCUT2D eigenvalue weighted by molar-refractivity contribution is 5.35. The maximum absolute atomic E-state index is 9.32. The quantitative estimate of drug-likeness (QED) is 0.742. The Balaban J connectivity index is 2.90. The average molecular weight is 245 g/mol. The summed E-state index contributed by atoms with van der Waals surface area (Å²) in [5.41, 5.74) is -0.137. The largest absolute Gasteiger partial charge is 0.381 e. The Morgan fingerprint density at radius 3 is 2.39 bits per heavy atom. The smallest absolute Gasteiger partial charge is 0.170 e. The molecule has 0 aliphatic rings. The van der Waals surface area contributed by atoms with Gasteiger partial charge in [0, 0.05) is 13.0 Å². The molecule has 0 bridgehead atoms. The zero-order chi connectivity index (χ0) is 13.6. The van der Waals surface area contributed by atoms with Crippen molar-refractivity contribution in [1.29, 1.82) is 5.26 Å². The van der Waals surface area contributed by atoms with Gasteiger partial charge in [0.2, 0.25) is 0 Å². The van der Waals surface area contributed by atoms with Crippen molar-refractivity contribution in [3.63, 3.8) is 0 Å². The number of benzene rings is 1. The van der Waals surface area contributed by atoms with Crippen LogP contribution in [0.5, 0.6) is 0 Å². The van der Waals surface area contributed by atoms with Crippen LogP contribution >= 0.6 is 0 Å². The third kappa shape index (κ3) is 3.38. The Morgan fingerprint density at radius 2 is 1.89 bits per heavy atom. The van der Waals surface area contributed by atoms with E-state index in [1.807, 2.05) is 44.2 Å². The number of hydrogen-bond donors (Lipinski definition) is 0. The predicted molar refractivity (Wildman–Crippen MR) is 70.6 cm³/mol. The summed E-state index contributed by atoms with van der Waals surface area (Å²) in [5, 5.41) is 17.6. The number of nitrogens with zero attached hydrogens (tertiary/aromatic N) is 3. The van der Waals surface area contributed by atoms with Crippen molar-refractivity contribution in [2.75, 3.05) is 7.11 Å². The van der Waals surface area contributed by atoms with Crippen LogP contribution in [0, 0.1) is 17.2 Å². The number of rotatable bonds is 5. The molecule has 0 amide bonds. The Kier molecular flexibility index (Phi) is 4.99. The Labute approximate surface area is 108 Å². The van der Waals surface area contributed by atoms with Crippen LogP contribution in [0.2, 0.25) is 0 Å². The number of methoxy groups -OCH3 is 1. The molecular weight excluding hydrogens is 226 g/mol. The molecule has 0 aliphatic heterocycles. The first-order valence-corrected chi connectivity index (χ1v) is 5.95. The van der Waals surface area contributed by atoms with Gasteiger partial charge in [-0.15, -0.1) is 0 Å². The van der Waals surface area contributed by atoms with Crippen LogP contribution in [-0.2, 0) is 4.74 Å². The van der Waals surface area contributed by atoms with Crippen LogP contribution in [-0.4, -0.2) is 18.8 Å². The summed E-state index contributed by atoms with van der Waals surface area (Å²) < 4.78 is 5.26. The van der Waals surface area contributed by atoms with E-state index in [-0.39, 0.29) is 12.0 Å². The van der Waals surface area contributed by atoms with Gasteiger partial charge in [0.05, 0.1) is 17.9 Å². The SMILES string of the molecule is COC(C)C(C)C(C)(C#N)N=Nc1ccccc1. The monoisotopic (exact) mass is 245 g/mol. The van der Waals surface area contributed by atoms with Crippen molar-refractivity contribution < 1.29 is 4.74 Å². The van der Waals surface area contributed by atoms with E-state index in [1.54, 1.807) is 14.0 Å². The van der Waals surface area contributed by atoms with Crippen molar-refractivity contribution in [2.45, 2.75) is 32.4 Å². The van der Waals surface area contributed by atoms with Crippen molar-refractivity contribution in [3.05, 3.63) is 30.3 Å². The fourth-order valence-electron chi connectivity index (χ4n) is 1.53. The van der Waals surface area contributed by atoms with E-state index in [0.717, 1.165) is 5.69 Å². The molecule has 0 saturated carbocycles. The molecule has 4 nitrogen and oxygen atoms in total. The normalized spacial score (nSPS) is 17.9. The molecule has 1 aromatic rings. The zero-order valence-corrected chi connectivity index (χ0v) is 11.3. The minimum atomic E-state index is -0.884. The Morgan fingerprint density at radius 1 is 1.28 bits per heavy atom. The number of nitriles is 1. The van der Waals surface area contributed by atoms with Gasteiger partial charge in [-0.1, -0.05) is 25.1 Å². The van der Waals surface area contributed by atoms with Gasteiger partial charge in [0.15, 0.2) is 5.54 Å². The van der Waals surface area contributed by atoms with Crippen molar-refractivity contribution >= 4 is 5.69 Å². The van der Waals surface area contributed by atoms with Gasteiger partial charge in [-0.05, 0) is 26.0 Å². The summed E-state index contributed by atoms with van der Waals surface area (Å²) in [7, 11) is 1.63. The molecule has 0 saturated heterocycles. The molecule has 0 aliphatic carbocycles. The lowest BCUT2D eigenvalue weighted by Gasteiger charge is -2.27. The Hall–Kier alpha value is -1.73. The van der Waals surface area contributed by atoms with E-state index >= 15 is 0 Å². The summed E-state index contributed by atoms with van der Waals surface area (Å²) in [6, 6.07) is 11.6. The molecular formula is C14H19N3O. The van der Waals surface area contributed by atoms with E-state index in [4.69, 9.17) is 4.74 Å². The molecule has 0 fully saturated rings. The maximum atomic E-state index is 9.32. The molecule has 0 N–H and O–H groups in total. The fraction of sp³-hybridized carbons (Fsp3) is 0.500. The van der Waals surface area contributed by atoms with Gasteiger partial charge >= 0.3 is 0 Å². The second-order valence-electron chi connectivity index (χ2n) is 4.52. The molecule has 1 rings (SSSR count). The maximum Gasteiger partial charge on any atom is 0.170 e. The standard InChI is InChI=1S/C14H19N3O/c1-11(12(2)18-4)14(3,10-15)17-16-13-8-6-5-7-9-13/h5-9,11-12H,1-4H3. The van der Waals surface area contributed by atoms with Crippen LogP contribution in [0.25, 0.3) is 0 Å². The first-order chi connectivity index (χ1) is 8.53. The average Bonchev–Trinajstić information content (AvgIpc) is 2.44. The van der Waals surface area contributed by atoms with Gasteiger partial charge in [-0.3, -0.25) is 0 Å². The molecule has 0 heterocycles. The lowest BCUT2D eigenvalue weighted by atomic mass is 9.85. The third-order valence-corrected chi connectivity index (χ3v) is 3.32. The van der Waals surface area contributed by atoms with Crippen LogP contribution < -0.4 is 0 Å². The number of ether oxygens (including phenoxy) is 1. The minimum Gasteiger partial charge on any atom is -0.381 e. The van der Waals surface area contributed by atoms with E-state index in [1.165, 1.54) is 0 Å². The lowest BCUT2D eigenvalue weighted by molar-refractivity contribution is 0.0538.